The molecule has 43 heavy (non-hydrogen) atoms. The lowest BCUT2D eigenvalue weighted by Gasteiger charge is -2.39. The Bertz CT molecular complexity index is 1290. The number of alkyl halides is 3. The second kappa shape index (κ2) is 13.2. The minimum absolute atomic E-state index is 0.0879. The van der Waals surface area contributed by atoms with Crippen molar-refractivity contribution in [1.82, 2.24) is 15.8 Å². The molecule has 2 N–H and O–H groups in total. The van der Waals surface area contributed by atoms with E-state index in [0.717, 1.165) is 30.2 Å². The highest BCUT2D eigenvalue weighted by atomic mass is 19.4. The van der Waals surface area contributed by atoms with Crippen molar-refractivity contribution in [2.24, 2.45) is 0 Å². The molecule has 1 fully saturated rings. The average Bonchev–Trinajstić information content (AvgIpc) is 3.17. The molecule has 3 amide bonds. The molecule has 0 spiro atoms. The molecule has 0 radical (unpaired) electrons. The average molecular weight is 608 g/mol. The van der Waals surface area contributed by atoms with Crippen LogP contribution in [0.25, 0.3) is 0 Å². The van der Waals surface area contributed by atoms with Gasteiger partial charge in [0.25, 0.3) is 11.8 Å². The zero-order chi connectivity index (χ0) is 32.1. The summed E-state index contributed by atoms with van der Waals surface area (Å²) in [7, 11) is 0. The number of unbranched alkanes of at least 4 members (excludes halogenated alkanes) is 2. The van der Waals surface area contributed by atoms with E-state index in [9.17, 15) is 27.6 Å². The smallest absolute Gasteiger partial charge is 0.419 e. The van der Waals surface area contributed by atoms with E-state index in [1.165, 1.54) is 18.6 Å². The zero-order valence-electron chi connectivity index (χ0n) is 25.4. The Kier molecular flexibility index (Phi) is 10.4. The summed E-state index contributed by atoms with van der Waals surface area (Å²) < 4.78 is 58.1. The lowest BCUT2D eigenvalue weighted by Crippen LogP contribution is -2.63. The van der Waals surface area contributed by atoms with Crippen molar-refractivity contribution in [3.05, 3.63) is 65.2 Å². The minimum Gasteiger partial charge on any atom is -0.493 e. The number of benzene rings is 2. The number of carbonyl (C=O) groups is 3. The molecule has 0 aliphatic carbocycles. The van der Waals surface area contributed by atoms with Gasteiger partial charge in [-0.3, -0.25) is 25.3 Å². The molecule has 2 aromatic rings. The van der Waals surface area contributed by atoms with Gasteiger partial charge in [-0.25, -0.2) is 4.79 Å². The predicted octanol–water partition coefficient (Wildman–Crippen LogP) is 6.02. The number of amides is 3. The highest BCUT2D eigenvalue weighted by Gasteiger charge is 2.57. The van der Waals surface area contributed by atoms with Crippen LogP contribution in [0.4, 0.5) is 18.0 Å². The van der Waals surface area contributed by atoms with Crippen LogP contribution in [0, 0.1) is 0 Å². The molecule has 12 heteroatoms. The third kappa shape index (κ3) is 8.85. The Morgan fingerprint density at radius 3 is 2.26 bits per heavy atom. The van der Waals surface area contributed by atoms with E-state index >= 15 is 0 Å². The predicted molar refractivity (Wildman–Crippen MR) is 153 cm³/mol. The molecule has 1 atom stereocenters. The molecular formula is C31H40F3N3O6. The van der Waals surface area contributed by atoms with Gasteiger partial charge in [-0.1, -0.05) is 30.3 Å². The molecule has 2 aromatic carbocycles. The largest absolute Gasteiger partial charge is 0.493 e. The first-order chi connectivity index (χ1) is 19.9. The van der Waals surface area contributed by atoms with Gasteiger partial charge in [0.15, 0.2) is 0 Å². The van der Waals surface area contributed by atoms with Crippen molar-refractivity contribution in [2.75, 3.05) is 13.2 Å². The van der Waals surface area contributed by atoms with Gasteiger partial charge >= 0.3 is 12.3 Å². The Morgan fingerprint density at radius 2 is 1.63 bits per heavy atom. The van der Waals surface area contributed by atoms with Crippen molar-refractivity contribution in [3.8, 4) is 5.75 Å². The van der Waals surface area contributed by atoms with E-state index in [1.54, 1.807) is 34.6 Å². The third-order valence-corrected chi connectivity index (χ3v) is 6.85. The van der Waals surface area contributed by atoms with Crippen molar-refractivity contribution >= 4 is 17.9 Å². The van der Waals surface area contributed by atoms with E-state index < -0.39 is 46.5 Å². The van der Waals surface area contributed by atoms with Gasteiger partial charge in [0.2, 0.25) is 0 Å². The fourth-order valence-electron chi connectivity index (χ4n) is 4.71. The maximum Gasteiger partial charge on any atom is 0.419 e. The fraction of sp³-hybridized carbons (Fsp3) is 0.516. The summed E-state index contributed by atoms with van der Waals surface area (Å²) >= 11 is 0. The van der Waals surface area contributed by atoms with Crippen LogP contribution in [0.3, 0.4) is 0 Å². The summed E-state index contributed by atoms with van der Waals surface area (Å²) in [5, 5.41) is 0. The van der Waals surface area contributed by atoms with E-state index in [0.29, 0.717) is 12.5 Å². The second-order valence-electron chi connectivity index (χ2n) is 12.1. The molecule has 1 heterocycles. The molecule has 0 aromatic heterocycles. The van der Waals surface area contributed by atoms with E-state index in [4.69, 9.17) is 14.2 Å². The summed E-state index contributed by atoms with van der Waals surface area (Å²) in [6, 6.07) is 12.8. The summed E-state index contributed by atoms with van der Waals surface area (Å²) in [5.74, 6) is -2.19. The van der Waals surface area contributed by atoms with Crippen LogP contribution in [-0.4, -0.2) is 52.9 Å². The van der Waals surface area contributed by atoms with Crippen LogP contribution < -0.4 is 15.6 Å². The summed E-state index contributed by atoms with van der Waals surface area (Å²) in [5.41, 5.74) is 0.433. The molecule has 9 nitrogen and oxygen atoms in total. The molecule has 3 rings (SSSR count). The molecule has 1 aliphatic rings. The van der Waals surface area contributed by atoms with Crippen LogP contribution in [0.5, 0.6) is 5.75 Å². The highest BCUT2D eigenvalue weighted by molar-refractivity contribution is 5.97. The summed E-state index contributed by atoms with van der Waals surface area (Å²) in [6.07, 6.45) is -2.49. The highest BCUT2D eigenvalue weighted by Crippen LogP contribution is 2.38. The van der Waals surface area contributed by atoms with Gasteiger partial charge in [0.05, 0.1) is 18.8 Å². The quantitative estimate of drug-likeness (QED) is 0.267. The molecule has 0 saturated carbocycles. The number of nitrogens with zero attached hydrogens (tertiary/aromatic N) is 1. The van der Waals surface area contributed by atoms with E-state index in [1.807, 2.05) is 30.3 Å². The Balaban J connectivity index is 1.61. The third-order valence-electron chi connectivity index (χ3n) is 6.85. The number of ether oxygens (including phenoxy) is 3. The number of rotatable bonds is 9. The second-order valence-corrected chi connectivity index (χ2v) is 12.1. The van der Waals surface area contributed by atoms with Crippen molar-refractivity contribution in [1.29, 1.82) is 0 Å². The van der Waals surface area contributed by atoms with Gasteiger partial charge in [-0.05, 0) is 91.0 Å². The van der Waals surface area contributed by atoms with Crippen molar-refractivity contribution < 1.29 is 41.8 Å². The maximum absolute atomic E-state index is 13.8. The summed E-state index contributed by atoms with van der Waals surface area (Å²) in [4.78, 5) is 40.0. The number of hydrazine groups is 1. The maximum atomic E-state index is 13.8. The topological polar surface area (TPSA) is 106 Å². The molecular weight excluding hydrogens is 567 g/mol. The van der Waals surface area contributed by atoms with Gasteiger partial charge < -0.3 is 14.2 Å². The van der Waals surface area contributed by atoms with Crippen molar-refractivity contribution in [2.45, 2.75) is 90.3 Å². The molecule has 236 valence electrons. The van der Waals surface area contributed by atoms with Crippen LogP contribution in [0.1, 0.15) is 82.3 Å². The fourth-order valence-corrected chi connectivity index (χ4v) is 4.71. The first-order valence-electron chi connectivity index (χ1n) is 14.1. The first-order valence-corrected chi connectivity index (χ1v) is 14.1. The van der Waals surface area contributed by atoms with Crippen LogP contribution in [0.15, 0.2) is 48.5 Å². The molecule has 1 saturated heterocycles. The first kappa shape index (κ1) is 33.7. The van der Waals surface area contributed by atoms with Crippen molar-refractivity contribution in [3.63, 3.8) is 0 Å². The van der Waals surface area contributed by atoms with Gasteiger partial charge in [-0.2, -0.15) is 13.2 Å². The molecule has 0 unspecified atom stereocenters. The number of halogens is 3. The van der Waals surface area contributed by atoms with E-state index in [-0.39, 0.29) is 24.5 Å². The van der Waals surface area contributed by atoms with Crippen LogP contribution in [0.2, 0.25) is 0 Å². The van der Waals surface area contributed by atoms with Gasteiger partial charge in [0, 0.05) is 5.56 Å². The lowest BCUT2D eigenvalue weighted by molar-refractivity contribution is -0.139. The number of nitrogens with one attached hydrogen (secondary N) is 2. The minimum atomic E-state index is -4.78. The number of hydrogen-bond donors (Lipinski definition) is 2. The van der Waals surface area contributed by atoms with Crippen LogP contribution in [-0.2, 0) is 26.9 Å². The Morgan fingerprint density at radius 1 is 0.953 bits per heavy atom. The van der Waals surface area contributed by atoms with Crippen LogP contribution >= 0.6 is 0 Å². The Labute approximate surface area is 250 Å². The number of hydrogen-bond acceptors (Lipinski definition) is 6. The van der Waals surface area contributed by atoms with Gasteiger partial charge in [0.1, 0.15) is 22.6 Å². The SMILES string of the molecule is CC(C)(C)OC(=O)N1C(C)(C)OC[C@@]1(C)C(=O)NNC(=O)c1ccc(OCCCCCc2ccccc2)c(C(F)(F)F)c1. The monoisotopic (exact) mass is 607 g/mol. The number of carbonyl (C=O) groups excluding carboxylic acids is 3. The summed E-state index contributed by atoms with van der Waals surface area (Å²) in [6.45, 7) is 9.49. The molecule has 1 aliphatic heterocycles. The number of aryl methyl sites for hydroxylation is 1. The normalized spacial score (nSPS) is 18.2. The standard InChI is InChI=1S/C31H40F3N3O6/c1-28(2,3)43-27(40)37-29(4,5)42-20-30(37,6)26(39)36-35-25(38)22-16-17-24(23(19-22)31(32,33)34)41-18-12-8-11-15-21-13-9-7-10-14-21/h7,9-10,13-14,16-17,19H,8,11-12,15,18,20H2,1-6H3,(H,35,38)(H,36,39)/t30-/m0/s1. The zero-order valence-corrected chi connectivity index (χ0v) is 25.4. The molecule has 0 bridgehead atoms. The lowest BCUT2D eigenvalue weighted by atomic mass is 10.0. The van der Waals surface area contributed by atoms with E-state index in [2.05, 4.69) is 10.9 Å². The van der Waals surface area contributed by atoms with Gasteiger partial charge in [-0.15, -0.1) is 0 Å². The Hall–Kier alpha value is -3.80.